The topological polar surface area (TPSA) is 38.3 Å². The number of hydrogen-bond donors (Lipinski definition) is 1. The van der Waals surface area contributed by atoms with E-state index in [9.17, 15) is 4.79 Å². The minimum Gasteiger partial charge on any atom is -0.479 e. The maximum Gasteiger partial charge on any atom is 0.265 e. The van der Waals surface area contributed by atoms with Gasteiger partial charge in [0.25, 0.3) is 5.91 Å². The van der Waals surface area contributed by atoms with Crippen LogP contribution in [0.3, 0.4) is 0 Å². The maximum absolute atomic E-state index is 12.1. The number of halogens is 2. The van der Waals surface area contributed by atoms with E-state index >= 15 is 0 Å². The molecule has 1 unspecified atom stereocenters. The second-order valence-corrected chi connectivity index (χ2v) is 5.39. The van der Waals surface area contributed by atoms with Crippen molar-refractivity contribution in [3.8, 4) is 18.1 Å². The smallest absolute Gasteiger partial charge is 0.265 e. The SMILES string of the molecule is C#Cc1cccc(NC(=O)C(C)Oc2ccc(Cl)cc2Cl)c1. The minimum atomic E-state index is -0.729. The first-order chi connectivity index (χ1) is 10.5. The van der Waals surface area contributed by atoms with Crippen LogP contribution in [0.25, 0.3) is 0 Å². The Morgan fingerprint density at radius 2 is 2.05 bits per heavy atom. The van der Waals surface area contributed by atoms with Crippen LogP contribution < -0.4 is 10.1 Å². The predicted octanol–water partition coefficient (Wildman–Crippen LogP) is 4.38. The van der Waals surface area contributed by atoms with E-state index in [0.29, 0.717) is 27.0 Å². The Hall–Kier alpha value is -2.15. The van der Waals surface area contributed by atoms with Gasteiger partial charge in [-0.05, 0) is 43.3 Å². The molecule has 0 saturated carbocycles. The van der Waals surface area contributed by atoms with Crippen molar-refractivity contribution in [1.82, 2.24) is 0 Å². The molecule has 1 atom stereocenters. The largest absolute Gasteiger partial charge is 0.479 e. The molecule has 0 spiro atoms. The number of anilines is 1. The highest BCUT2D eigenvalue weighted by Crippen LogP contribution is 2.28. The number of carbonyl (C=O) groups excluding carboxylic acids is 1. The number of rotatable bonds is 4. The summed E-state index contributed by atoms with van der Waals surface area (Å²) in [7, 11) is 0. The summed E-state index contributed by atoms with van der Waals surface area (Å²) >= 11 is 11.8. The van der Waals surface area contributed by atoms with Crippen molar-refractivity contribution in [3.63, 3.8) is 0 Å². The second-order valence-electron chi connectivity index (χ2n) is 4.55. The fraction of sp³-hybridized carbons (Fsp3) is 0.118. The molecule has 0 aliphatic carbocycles. The van der Waals surface area contributed by atoms with Gasteiger partial charge in [0.15, 0.2) is 6.10 Å². The first kappa shape index (κ1) is 16.2. The monoisotopic (exact) mass is 333 g/mol. The van der Waals surface area contributed by atoms with Gasteiger partial charge in [-0.2, -0.15) is 0 Å². The second kappa shape index (κ2) is 7.22. The van der Waals surface area contributed by atoms with E-state index in [1.807, 2.05) is 0 Å². The Morgan fingerprint density at radius 1 is 1.27 bits per heavy atom. The number of benzene rings is 2. The van der Waals surface area contributed by atoms with Crippen LogP contribution in [0.2, 0.25) is 10.0 Å². The van der Waals surface area contributed by atoms with Crippen LogP contribution in [0, 0.1) is 12.3 Å². The summed E-state index contributed by atoms with van der Waals surface area (Å²) in [6.07, 6.45) is 4.60. The molecule has 22 heavy (non-hydrogen) atoms. The van der Waals surface area contributed by atoms with E-state index in [2.05, 4.69) is 11.2 Å². The molecule has 112 valence electrons. The zero-order valence-corrected chi connectivity index (χ0v) is 13.3. The van der Waals surface area contributed by atoms with Crippen LogP contribution in [0.4, 0.5) is 5.69 Å². The normalized spacial score (nSPS) is 11.4. The van der Waals surface area contributed by atoms with Gasteiger partial charge in [0.2, 0.25) is 0 Å². The van der Waals surface area contributed by atoms with Crippen molar-refractivity contribution in [2.45, 2.75) is 13.0 Å². The van der Waals surface area contributed by atoms with E-state index in [-0.39, 0.29) is 5.91 Å². The molecule has 0 aromatic heterocycles. The number of nitrogens with one attached hydrogen (secondary N) is 1. The van der Waals surface area contributed by atoms with Gasteiger partial charge in [-0.15, -0.1) is 6.42 Å². The van der Waals surface area contributed by atoms with Crippen LogP contribution in [0.15, 0.2) is 42.5 Å². The summed E-state index contributed by atoms with van der Waals surface area (Å²) in [5.41, 5.74) is 1.30. The number of ether oxygens (including phenoxy) is 1. The molecule has 3 nitrogen and oxygen atoms in total. The van der Waals surface area contributed by atoms with E-state index in [1.165, 1.54) is 0 Å². The lowest BCUT2D eigenvalue weighted by atomic mass is 10.2. The molecule has 0 aliphatic heterocycles. The highest BCUT2D eigenvalue weighted by Gasteiger charge is 2.16. The summed E-state index contributed by atoms with van der Waals surface area (Å²) < 4.78 is 5.55. The zero-order valence-electron chi connectivity index (χ0n) is 11.8. The zero-order chi connectivity index (χ0) is 16.1. The molecule has 5 heteroatoms. The Kier molecular flexibility index (Phi) is 5.32. The number of carbonyl (C=O) groups is 1. The third-order valence-corrected chi connectivity index (χ3v) is 3.39. The van der Waals surface area contributed by atoms with E-state index in [1.54, 1.807) is 49.4 Å². The maximum atomic E-state index is 12.1. The Labute approximate surface area is 139 Å². The average molecular weight is 334 g/mol. The van der Waals surface area contributed by atoms with Crippen LogP contribution in [-0.4, -0.2) is 12.0 Å². The molecular weight excluding hydrogens is 321 g/mol. The molecule has 0 aliphatic rings. The lowest BCUT2D eigenvalue weighted by Gasteiger charge is -2.16. The van der Waals surface area contributed by atoms with Crippen molar-refractivity contribution in [3.05, 3.63) is 58.1 Å². The van der Waals surface area contributed by atoms with Crippen LogP contribution in [0.1, 0.15) is 12.5 Å². The summed E-state index contributed by atoms with van der Waals surface area (Å²) in [5.74, 6) is 2.60. The minimum absolute atomic E-state index is 0.305. The molecule has 1 amide bonds. The predicted molar refractivity (Wildman–Crippen MR) is 89.6 cm³/mol. The fourth-order valence-corrected chi connectivity index (χ4v) is 2.20. The Morgan fingerprint density at radius 3 is 2.73 bits per heavy atom. The first-order valence-electron chi connectivity index (χ1n) is 6.49. The molecular formula is C17H13Cl2NO2. The fourth-order valence-electron chi connectivity index (χ4n) is 1.75. The first-order valence-corrected chi connectivity index (χ1v) is 7.24. The molecule has 0 radical (unpaired) electrons. The molecule has 0 fully saturated rings. The van der Waals surface area contributed by atoms with Gasteiger partial charge in [0.05, 0.1) is 5.02 Å². The third kappa shape index (κ3) is 4.17. The van der Waals surface area contributed by atoms with Crippen molar-refractivity contribution in [1.29, 1.82) is 0 Å². The average Bonchev–Trinajstić information content (AvgIpc) is 2.50. The summed E-state index contributed by atoms with van der Waals surface area (Å²) in [5, 5.41) is 3.59. The molecule has 0 saturated heterocycles. The molecule has 0 heterocycles. The van der Waals surface area contributed by atoms with Gasteiger partial charge >= 0.3 is 0 Å². The lowest BCUT2D eigenvalue weighted by molar-refractivity contribution is -0.122. The molecule has 2 aromatic rings. The van der Waals surface area contributed by atoms with Gasteiger partial charge in [-0.3, -0.25) is 4.79 Å². The van der Waals surface area contributed by atoms with Crippen LogP contribution in [-0.2, 0) is 4.79 Å². The number of hydrogen-bond acceptors (Lipinski definition) is 2. The van der Waals surface area contributed by atoms with Gasteiger partial charge in [-0.25, -0.2) is 0 Å². The summed E-state index contributed by atoms with van der Waals surface area (Å²) in [6.45, 7) is 1.63. The standard InChI is InChI=1S/C17H13Cl2NO2/c1-3-12-5-4-6-14(9-12)20-17(21)11(2)22-16-8-7-13(18)10-15(16)19/h1,4-11H,2H3,(H,20,21). The number of terminal acetylenes is 1. The molecule has 2 aromatic carbocycles. The van der Waals surface area contributed by atoms with Gasteiger partial charge in [0.1, 0.15) is 5.75 Å². The Bertz CT molecular complexity index is 738. The van der Waals surface area contributed by atoms with E-state index in [0.717, 1.165) is 0 Å². The Balaban J connectivity index is 2.04. The van der Waals surface area contributed by atoms with E-state index in [4.69, 9.17) is 34.4 Å². The van der Waals surface area contributed by atoms with Crippen molar-refractivity contribution in [2.75, 3.05) is 5.32 Å². The lowest BCUT2D eigenvalue weighted by Crippen LogP contribution is -2.30. The van der Waals surface area contributed by atoms with Crippen molar-refractivity contribution >= 4 is 34.8 Å². The highest BCUT2D eigenvalue weighted by molar-refractivity contribution is 6.35. The van der Waals surface area contributed by atoms with E-state index < -0.39 is 6.10 Å². The van der Waals surface area contributed by atoms with Crippen molar-refractivity contribution < 1.29 is 9.53 Å². The van der Waals surface area contributed by atoms with Crippen LogP contribution in [0.5, 0.6) is 5.75 Å². The number of amides is 1. The van der Waals surface area contributed by atoms with Crippen LogP contribution >= 0.6 is 23.2 Å². The quantitative estimate of drug-likeness (QED) is 0.843. The van der Waals surface area contributed by atoms with Gasteiger partial charge < -0.3 is 10.1 Å². The third-order valence-electron chi connectivity index (χ3n) is 2.86. The summed E-state index contributed by atoms with van der Waals surface area (Å²) in [6, 6.07) is 11.8. The summed E-state index contributed by atoms with van der Waals surface area (Å²) in [4.78, 5) is 12.1. The molecule has 2 rings (SSSR count). The molecule has 1 N–H and O–H groups in total. The van der Waals surface area contributed by atoms with Gasteiger partial charge in [0, 0.05) is 16.3 Å². The van der Waals surface area contributed by atoms with Crippen molar-refractivity contribution in [2.24, 2.45) is 0 Å². The highest BCUT2D eigenvalue weighted by atomic mass is 35.5. The van der Waals surface area contributed by atoms with Gasteiger partial charge in [-0.1, -0.05) is 35.2 Å². The molecule has 0 bridgehead atoms.